The van der Waals surface area contributed by atoms with Crippen molar-refractivity contribution >= 4 is 12.2 Å². The van der Waals surface area contributed by atoms with Crippen molar-refractivity contribution in [1.82, 2.24) is 0 Å². The first-order valence-electron chi connectivity index (χ1n) is 9.65. The molecule has 0 bridgehead atoms. The number of halogens is 3. The van der Waals surface area contributed by atoms with Crippen molar-refractivity contribution in [3.05, 3.63) is 88.7 Å². The van der Waals surface area contributed by atoms with Crippen molar-refractivity contribution in [1.29, 1.82) is 0 Å². The zero-order chi connectivity index (χ0) is 20.8. The molecule has 0 atom stereocenters. The molecule has 0 N–H and O–H groups in total. The molecule has 0 aliphatic rings. The first-order chi connectivity index (χ1) is 14.0. The molecule has 29 heavy (non-hydrogen) atoms. The molecule has 150 valence electrons. The van der Waals surface area contributed by atoms with Gasteiger partial charge in [-0.3, -0.25) is 0 Å². The van der Waals surface area contributed by atoms with Gasteiger partial charge in [0.2, 0.25) is 5.82 Å². The van der Waals surface area contributed by atoms with Crippen LogP contribution in [0.5, 0.6) is 5.75 Å². The van der Waals surface area contributed by atoms with Crippen molar-refractivity contribution in [2.75, 3.05) is 6.61 Å². The Labute approximate surface area is 169 Å². The average molecular weight is 396 g/mol. The number of benzene rings is 3. The van der Waals surface area contributed by atoms with E-state index in [1.54, 1.807) is 42.5 Å². The Morgan fingerprint density at radius 1 is 0.862 bits per heavy atom. The molecule has 3 aromatic carbocycles. The Morgan fingerprint density at radius 3 is 2.31 bits per heavy atom. The van der Waals surface area contributed by atoms with Gasteiger partial charge < -0.3 is 4.74 Å². The molecular formula is C25H23F3O. The molecule has 0 amide bonds. The summed E-state index contributed by atoms with van der Waals surface area (Å²) >= 11 is 0. The highest BCUT2D eigenvalue weighted by molar-refractivity contribution is 5.72. The Balaban J connectivity index is 1.77. The van der Waals surface area contributed by atoms with Gasteiger partial charge in [-0.25, -0.2) is 8.78 Å². The number of unbranched alkanes of at least 4 members (excludes halogenated alkanes) is 1. The maximum absolute atomic E-state index is 14.5. The van der Waals surface area contributed by atoms with Crippen molar-refractivity contribution < 1.29 is 17.9 Å². The minimum Gasteiger partial charge on any atom is -0.490 e. The van der Waals surface area contributed by atoms with Crippen LogP contribution in [0, 0.1) is 24.4 Å². The third-order valence-electron chi connectivity index (χ3n) is 4.64. The van der Waals surface area contributed by atoms with Crippen molar-refractivity contribution in [3.8, 4) is 16.9 Å². The summed E-state index contributed by atoms with van der Waals surface area (Å²) in [5.74, 6) is -2.25. The molecule has 0 aliphatic heterocycles. The molecule has 0 spiro atoms. The third kappa shape index (κ3) is 5.08. The molecule has 0 radical (unpaired) electrons. The van der Waals surface area contributed by atoms with Gasteiger partial charge in [-0.2, -0.15) is 4.39 Å². The molecule has 1 nitrogen and oxygen atoms in total. The second-order valence-corrected chi connectivity index (χ2v) is 6.92. The van der Waals surface area contributed by atoms with Crippen molar-refractivity contribution in [2.45, 2.75) is 26.7 Å². The van der Waals surface area contributed by atoms with Crippen LogP contribution in [0.3, 0.4) is 0 Å². The van der Waals surface area contributed by atoms with Crippen molar-refractivity contribution in [3.63, 3.8) is 0 Å². The van der Waals surface area contributed by atoms with Gasteiger partial charge in [-0.05, 0) is 48.2 Å². The zero-order valence-electron chi connectivity index (χ0n) is 16.5. The highest BCUT2D eigenvalue weighted by Gasteiger charge is 2.15. The van der Waals surface area contributed by atoms with Gasteiger partial charge >= 0.3 is 0 Å². The fraction of sp³-hybridized carbons (Fsp3) is 0.200. The predicted octanol–water partition coefficient (Wildman–Crippen LogP) is 7.43. The fourth-order valence-electron chi connectivity index (χ4n) is 2.92. The highest BCUT2D eigenvalue weighted by Crippen LogP contribution is 2.30. The molecule has 3 rings (SSSR count). The molecule has 3 aromatic rings. The Kier molecular flexibility index (Phi) is 6.76. The topological polar surface area (TPSA) is 9.23 Å². The van der Waals surface area contributed by atoms with Crippen molar-refractivity contribution in [2.24, 2.45) is 0 Å². The predicted molar refractivity (Wildman–Crippen MR) is 112 cm³/mol. The summed E-state index contributed by atoms with van der Waals surface area (Å²) in [7, 11) is 0. The summed E-state index contributed by atoms with van der Waals surface area (Å²) in [6.07, 6.45) is 5.16. The lowest BCUT2D eigenvalue weighted by Gasteiger charge is -2.10. The first kappa shape index (κ1) is 20.7. The van der Waals surface area contributed by atoms with Gasteiger partial charge in [0.15, 0.2) is 11.6 Å². The summed E-state index contributed by atoms with van der Waals surface area (Å²) in [5, 5.41) is 0. The van der Waals surface area contributed by atoms with Crippen LogP contribution in [-0.2, 0) is 0 Å². The van der Waals surface area contributed by atoms with Gasteiger partial charge in [0.05, 0.1) is 6.61 Å². The summed E-state index contributed by atoms with van der Waals surface area (Å²) in [4.78, 5) is 0. The molecule has 0 aliphatic carbocycles. The van der Waals surface area contributed by atoms with Crippen LogP contribution >= 0.6 is 0 Å². The minimum absolute atomic E-state index is 0.0700. The molecule has 0 saturated heterocycles. The molecule has 0 heterocycles. The van der Waals surface area contributed by atoms with Crippen LogP contribution in [0.15, 0.2) is 54.6 Å². The van der Waals surface area contributed by atoms with Gasteiger partial charge in [-0.1, -0.05) is 61.9 Å². The second-order valence-electron chi connectivity index (χ2n) is 6.92. The maximum Gasteiger partial charge on any atom is 0.201 e. The van der Waals surface area contributed by atoms with E-state index in [-0.39, 0.29) is 17.1 Å². The standard InChI is InChI=1S/C25H23F3O/c1-3-4-15-29-23-14-13-21(24(27)25(23)28)19-10-6-18(7-11-19)8-12-20-9-5-17(2)16-22(20)26/h5-14,16H,3-4,15H2,1-2H3/b12-8+. The van der Waals surface area contributed by atoms with E-state index in [1.165, 1.54) is 18.2 Å². The Morgan fingerprint density at radius 2 is 1.62 bits per heavy atom. The van der Waals surface area contributed by atoms with E-state index in [0.29, 0.717) is 17.7 Å². The average Bonchev–Trinajstić information content (AvgIpc) is 2.71. The van der Waals surface area contributed by atoms with Gasteiger partial charge in [0.25, 0.3) is 0 Å². The maximum atomic E-state index is 14.5. The summed E-state index contributed by atoms with van der Waals surface area (Å²) in [5.41, 5.74) is 2.91. The largest absolute Gasteiger partial charge is 0.490 e. The molecule has 0 fully saturated rings. The third-order valence-corrected chi connectivity index (χ3v) is 4.64. The van der Waals surface area contributed by atoms with Crippen LogP contribution in [0.4, 0.5) is 13.2 Å². The Bertz CT molecular complexity index is 1010. The summed E-state index contributed by atoms with van der Waals surface area (Å²) in [6.45, 7) is 4.19. The van der Waals surface area contributed by atoms with Gasteiger partial charge in [0, 0.05) is 11.1 Å². The number of ether oxygens (including phenoxy) is 1. The second kappa shape index (κ2) is 9.46. The lowest BCUT2D eigenvalue weighted by Crippen LogP contribution is -2.01. The molecular weight excluding hydrogens is 373 g/mol. The Hall–Kier alpha value is -3.01. The normalized spacial score (nSPS) is 11.2. The van der Waals surface area contributed by atoms with E-state index in [9.17, 15) is 13.2 Å². The van der Waals surface area contributed by atoms with E-state index in [2.05, 4.69) is 0 Å². The van der Waals surface area contributed by atoms with E-state index < -0.39 is 11.6 Å². The molecule has 4 heteroatoms. The van der Waals surface area contributed by atoms with Gasteiger partial charge in [-0.15, -0.1) is 0 Å². The summed E-state index contributed by atoms with van der Waals surface area (Å²) < 4.78 is 48.0. The van der Waals surface area contributed by atoms with E-state index in [0.717, 1.165) is 24.0 Å². The number of hydrogen-bond donors (Lipinski definition) is 0. The minimum atomic E-state index is -0.975. The smallest absolute Gasteiger partial charge is 0.201 e. The van der Waals surface area contributed by atoms with Crippen LogP contribution in [0.2, 0.25) is 0 Å². The lowest BCUT2D eigenvalue weighted by atomic mass is 10.0. The van der Waals surface area contributed by atoms with Crippen LogP contribution < -0.4 is 4.74 Å². The molecule has 0 unspecified atom stereocenters. The highest BCUT2D eigenvalue weighted by atomic mass is 19.2. The van der Waals surface area contributed by atoms with Gasteiger partial charge in [0.1, 0.15) is 5.82 Å². The monoisotopic (exact) mass is 396 g/mol. The number of rotatable bonds is 7. The zero-order valence-corrected chi connectivity index (χ0v) is 16.5. The molecule has 0 aromatic heterocycles. The van der Waals surface area contributed by atoms with E-state index in [1.807, 2.05) is 19.9 Å². The number of aryl methyl sites for hydroxylation is 1. The van der Waals surface area contributed by atoms with Crippen LogP contribution in [0.25, 0.3) is 23.3 Å². The lowest BCUT2D eigenvalue weighted by molar-refractivity contribution is 0.289. The summed E-state index contributed by atoms with van der Waals surface area (Å²) in [6, 6.07) is 15.0. The van der Waals surface area contributed by atoms with Crippen LogP contribution in [-0.4, -0.2) is 6.61 Å². The number of hydrogen-bond acceptors (Lipinski definition) is 1. The first-order valence-corrected chi connectivity index (χ1v) is 9.65. The fourth-order valence-corrected chi connectivity index (χ4v) is 2.92. The van der Waals surface area contributed by atoms with E-state index in [4.69, 9.17) is 4.74 Å². The van der Waals surface area contributed by atoms with E-state index >= 15 is 0 Å². The van der Waals surface area contributed by atoms with Crippen LogP contribution in [0.1, 0.15) is 36.5 Å². The quantitative estimate of drug-likeness (QED) is 0.298. The molecule has 0 saturated carbocycles. The SMILES string of the molecule is CCCCOc1ccc(-c2ccc(/C=C/c3ccc(C)cc3F)cc2)c(F)c1F.